The van der Waals surface area contributed by atoms with Crippen molar-refractivity contribution in [2.24, 2.45) is 5.92 Å². The van der Waals surface area contributed by atoms with Gasteiger partial charge in [-0.3, -0.25) is 0 Å². The van der Waals surface area contributed by atoms with E-state index >= 15 is 0 Å². The predicted octanol–water partition coefficient (Wildman–Crippen LogP) is 2.56. The fourth-order valence-electron chi connectivity index (χ4n) is 2.86. The molecule has 0 radical (unpaired) electrons. The third-order valence-electron chi connectivity index (χ3n) is 4.05. The maximum Gasteiger partial charge on any atom is 0.338 e. The second kappa shape index (κ2) is 9.21. The molecule has 2 rings (SSSR count). The number of carbonyl (C=O) groups excluding carboxylic acids is 3. The summed E-state index contributed by atoms with van der Waals surface area (Å²) >= 11 is 0. The normalized spacial score (nSPS) is 16.6. The van der Waals surface area contributed by atoms with E-state index in [2.05, 4.69) is 24.5 Å². The standard InChI is InChI=1S/C20H26N2O5/c1-5-26-19(24)17-13(4)21-20(25)22-16(17)11-27-18(23)15-8-6-14(7-9-15)10-12(2)3/h6-9,12-13H,5,10-11H2,1-4H3,(H2,21,22,25)/t13-/m1/s1. The van der Waals surface area contributed by atoms with Crippen molar-refractivity contribution < 1.29 is 23.9 Å². The molecule has 0 unspecified atom stereocenters. The Morgan fingerprint density at radius 1 is 1.11 bits per heavy atom. The molecular formula is C20H26N2O5. The van der Waals surface area contributed by atoms with Gasteiger partial charge in [-0.05, 0) is 43.9 Å². The summed E-state index contributed by atoms with van der Waals surface area (Å²) in [6.07, 6.45) is 0.933. The Morgan fingerprint density at radius 2 is 1.78 bits per heavy atom. The molecule has 146 valence electrons. The second-order valence-corrected chi connectivity index (χ2v) is 6.80. The number of amides is 2. The minimum absolute atomic E-state index is 0.207. The van der Waals surface area contributed by atoms with Gasteiger partial charge in [0, 0.05) is 0 Å². The van der Waals surface area contributed by atoms with Crippen LogP contribution in [0.1, 0.15) is 43.6 Å². The number of urea groups is 1. The minimum Gasteiger partial charge on any atom is -0.463 e. The summed E-state index contributed by atoms with van der Waals surface area (Å²) in [6, 6.07) is 6.22. The molecule has 1 heterocycles. The lowest BCUT2D eigenvalue weighted by Crippen LogP contribution is -2.50. The van der Waals surface area contributed by atoms with E-state index in [9.17, 15) is 14.4 Å². The van der Waals surface area contributed by atoms with Crippen LogP contribution in [0.2, 0.25) is 0 Å². The lowest BCUT2D eigenvalue weighted by molar-refractivity contribution is -0.139. The van der Waals surface area contributed by atoms with Crippen molar-refractivity contribution in [3.05, 3.63) is 46.7 Å². The first kappa shape index (κ1) is 20.5. The van der Waals surface area contributed by atoms with Crippen LogP contribution in [-0.4, -0.2) is 37.2 Å². The van der Waals surface area contributed by atoms with Crippen LogP contribution in [0.25, 0.3) is 0 Å². The Labute approximate surface area is 159 Å². The van der Waals surface area contributed by atoms with Crippen molar-refractivity contribution >= 4 is 18.0 Å². The van der Waals surface area contributed by atoms with Gasteiger partial charge >= 0.3 is 18.0 Å². The van der Waals surface area contributed by atoms with Gasteiger partial charge in [0.05, 0.1) is 29.5 Å². The summed E-state index contributed by atoms with van der Waals surface area (Å²) in [5, 5.41) is 5.12. The highest BCUT2D eigenvalue weighted by atomic mass is 16.5. The summed E-state index contributed by atoms with van der Waals surface area (Å²) < 4.78 is 10.3. The van der Waals surface area contributed by atoms with Crippen LogP contribution in [0.5, 0.6) is 0 Å². The third kappa shape index (κ3) is 5.57. The summed E-state index contributed by atoms with van der Waals surface area (Å²) in [6.45, 7) is 7.61. The molecule has 7 nitrogen and oxygen atoms in total. The molecule has 1 aromatic carbocycles. The first-order valence-corrected chi connectivity index (χ1v) is 9.05. The molecule has 2 N–H and O–H groups in total. The molecular weight excluding hydrogens is 348 g/mol. The Hall–Kier alpha value is -2.83. The molecule has 0 saturated heterocycles. The van der Waals surface area contributed by atoms with Gasteiger partial charge in [0.25, 0.3) is 0 Å². The molecule has 0 aliphatic carbocycles. The van der Waals surface area contributed by atoms with Gasteiger partial charge in [-0.25, -0.2) is 14.4 Å². The molecule has 0 spiro atoms. The molecule has 0 saturated carbocycles. The number of ether oxygens (including phenoxy) is 2. The topological polar surface area (TPSA) is 93.7 Å². The number of carbonyl (C=O) groups is 3. The average molecular weight is 374 g/mol. The summed E-state index contributed by atoms with van der Waals surface area (Å²) in [5.74, 6) is -0.551. The van der Waals surface area contributed by atoms with Gasteiger partial charge in [-0.15, -0.1) is 0 Å². The van der Waals surface area contributed by atoms with E-state index in [1.54, 1.807) is 26.0 Å². The first-order chi connectivity index (χ1) is 12.8. The maximum absolute atomic E-state index is 12.3. The van der Waals surface area contributed by atoms with E-state index in [4.69, 9.17) is 9.47 Å². The lowest BCUT2D eigenvalue weighted by atomic mass is 10.0. The molecule has 1 atom stereocenters. The number of rotatable bonds is 7. The zero-order chi connectivity index (χ0) is 20.0. The van der Waals surface area contributed by atoms with Crippen LogP contribution in [-0.2, 0) is 20.7 Å². The lowest BCUT2D eigenvalue weighted by Gasteiger charge is -2.26. The van der Waals surface area contributed by atoms with Crippen LogP contribution in [0.15, 0.2) is 35.5 Å². The smallest absolute Gasteiger partial charge is 0.338 e. The van der Waals surface area contributed by atoms with Gasteiger partial charge in [0.15, 0.2) is 0 Å². The molecule has 1 aliphatic rings. The van der Waals surface area contributed by atoms with Gasteiger partial charge in [-0.2, -0.15) is 0 Å². The SMILES string of the molecule is CCOC(=O)C1=C(COC(=O)c2ccc(CC(C)C)cc2)NC(=O)N[C@@H]1C. The molecule has 0 fully saturated rings. The zero-order valence-electron chi connectivity index (χ0n) is 16.1. The molecule has 7 heteroatoms. The van der Waals surface area contributed by atoms with Crippen molar-refractivity contribution in [3.63, 3.8) is 0 Å². The highest BCUT2D eigenvalue weighted by molar-refractivity contribution is 5.95. The van der Waals surface area contributed by atoms with E-state index in [0.29, 0.717) is 11.5 Å². The van der Waals surface area contributed by atoms with Gasteiger partial charge < -0.3 is 20.1 Å². The third-order valence-corrected chi connectivity index (χ3v) is 4.05. The second-order valence-electron chi connectivity index (χ2n) is 6.80. The molecule has 1 aromatic rings. The van der Waals surface area contributed by atoms with Crippen LogP contribution < -0.4 is 10.6 Å². The van der Waals surface area contributed by atoms with E-state index in [-0.39, 0.29) is 24.5 Å². The van der Waals surface area contributed by atoms with E-state index in [0.717, 1.165) is 12.0 Å². The van der Waals surface area contributed by atoms with Gasteiger partial charge in [-0.1, -0.05) is 26.0 Å². The molecule has 2 amide bonds. The summed E-state index contributed by atoms with van der Waals surface area (Å²) in [4.78, 5) is 36.2. The first-order valence-electron chi connectivity index (χ1n) is 9.05. The monoisotopic (exact) mass is 374 g/mol. The van der Waals surface area contributed by atoms with Gasteiger partial charge in [0.2, 0.25) is 0 Å². The van der Waals surface area contributed by atoms with E-state index in [1.165, 1.54) is 0 Å². The van der Waals surface area contributed by atoms with Crippen molar-refractivity contribution in [2.75, 3.05) is 13.2 Å². The highest BCUT2D eigenvalue weighted by Crippen LogP contribution is 2.16. The quantitative estimate of drug-likeness (QED) is 0.716. The maximum atomic E-state index is 12.3. The van der Waals surface area contributed by atoms with Crippen LogP contribution in [0.4, 0.5) is 4.79 Å². The fraction of sp³-hybridized carbons (Fsp3) is 0.450. The molecule has 0 aromatic heterocycles. The van der Waals surface area contributed by atoms with Crippen molar-refractivity contribution in [2.45, 2.75) is 40.2 Å². The Kier molecular flexibility index (Phi) is 6.98. The van der Waals surface area contributed by atoms with Gasteiger partial charge in [0.1, 0.15) is 6.61 Å². The number of hydrogen-bond acceptors (Lipinski definition) is 5. The number of nitrogens with one attached hydrogen (secondary N) is 2. The fourth-order valence-corrected chi connectivity index (χ4v) is 2.86. The van der Waals surface area contributed by atoms with Crippen molar-refractivity contribution in [3.8, 4) is 0 Å². The number of benzene rings is 1. The van der Waals surface area contributed by atoms with Crippen molar-refractivity contribution in [1.82, 2.24) is 10.6 Å². The van der Waals surface area contributed by atoms with Crippen molar-refractivity contribution in [1.29, 1.82) is 0 Å². The average Bonchev–Trinajstić information content (AvgIpc) is 2.59. The summed E-state index contributed by atoms with van der Waals surface area (Å²) in [7, 11) is 0. The van der Waals surface area contributed by atoms with Crippen LogP contribution in [0.3, 0.4) is 0 Å². The number of hydrogen-bond donors (Lipinski definition) is 2. The Balaban J connectivity index is 2.09. The van der Waals surface area contributed by atoms with Crippen LogP contribution >= 0.6 is 0 Å². The molecule has 0 bridgehead atoms. The van der Waals surface area contributed by atoms with Crippen LogP contribution in [0, 0.1) is 5.92 Å². The minimum atomic E-state index is -0.554. The Bertz CT molecular complexity index is 737. The Morgan fingerprint density at radius 3 is 2.37 bits per heavy atom. The zero-order valence-corrected chi connectivity index (χ0v) is 16.1. The number of esters is 2. The van der Waals surface area contributed by atoms with E-state index < -0.39 is 24.0 Å². The van der Waals surface area contributed by atoms with E-state index in [1.807, 2.05) is 12.1 Å². The summed E-state index contributed by atoms with van der Waals surface area (Å²) in [5.41, 5.74) is 2.04. The molecule has 1 aliphatic heterocycles. The highest BCUT2D eigenvalue weighted by Gasteiger charge is 2.30. The predicted molar refractivity (Wildman–Crippen MR) is 100 cm³/mol. The molecule has 27 heavy (non-hydrogen) atoms. The largest absolute Gasteiger partial charge is 0.463 e.